The molecule has 0 aliphatic carbocycles. The molecule has 1 aromatic heterocycles. The van der Waals surface area contributed by atoms with Crippen molar-refractivity contribution < 1.29 is 22.7 Å². The van der Waals surface area contributed by atoms with Gasteiger partial charge in [-0.05, 0) is 55.0 Å². The summed E-state index contributed by atoms with van der Waals surface area (Å²) in [4.78, 5) is 11.5. The number of hydrogen-bond donors (Lipinski definition) is 1. The van der Waals surface area contributed by atoms with E-state index in [-0.39, 0.29) is 5.82 Å². The standard InChI is InChI=1S/C24H20F3N3O2/c1-15(29-24(31)23(26)27)22(16-5-3-2-4-6-16)32-20-11-12-21-17(13-20)14-28-30(21)19-9-7-18(25)8-10-19/h2-15,22-23H,1H3,(H,29,31)/t15-,22-/m0/s1. The molecule has 1 heterocycles. The number of fused-ring (bicyclic) bond motifs is 1. The van der Waals surface area contributed by atoms with Crippen LogP contribution in [0.4, 0.5) is 13.2 Å². The van der Waals surface area contributed by atoms with Crippen LogP contribution in [-0.4, -0.2) is 28.2 Å². The van der Waals surface area contributed by atoms with Crippen LogP contribution < -0.4 is 10.1 Å². The summed E-state index contributed by atoms with van der Waals surface area (Å²) in [6, 6.07) is 19.7. The third kappa shape index (κ3) is 4.59. The lowest BCUT2D eigenvalue weighted by Crippen LogP contribution is -2.41. The molecule has 0 aliphatic heterocycles. The molecule has 4 aromatic rings. The van der Waals surface area contributed by atoms with Gasteiger partial charge >= 0.3 is 6.43 Å². The van der Waals surface area contributed by atoms with Crippen LogP contribution in [0.15, 0.2) is 79.0 Å². The average Bonchev–Trinajstić information content (AvgIpc) is 3.21. The maximum Gasteiger partial charge on any atom is 0.315 e. The molecule has 1 N–H and O–H groups in total. The van der Waals surface area contributed by atoms with Gasteiger partial charge in [-0.2, -0.15) is 13.9 Å². The lowest BCUT2D eigenvalue weighted by atomic mass is 10.0. The van der Waals surface area contributed by atoms with E-state index in [0.717, 1.165) is 16.5 Å². The van der Waals surface area contributed by atoms with E-state index in [1.165, 1.54) is 12.1 Å². The quantitative estimate of drug-likeness (QED) is 0.438. The van der Waals surface area contributed by atoms with Crippen LogP contribution in [-0.2, 0) is 4.79 Å². The normalized spacial score (nSPS) is 13.2. The van der Waals surface area contributed by atoms with Gasteiger partial charge in [0.25, 0.3) is 5.91 Å². The smallest absolute Gasteiger partial charge is 0.315 e. The van der Waals surface area contributed by atoms with Crippen molar-refractivity contribution in [2.24, 2.45) is 0 Å². The Morgan fingerprint density at radius 2 is 1.75 bits per heavy atom. The summed E-state index contributed by atoms with van der Waals surface area (Å²) in [5.74, 6) is -1.19. The molecule has 32 heavy (non-hydrogen) atoms. The number of rotatable bonds is 7. The van der Waals surface area contributed by atoms with Crippen molar-refractivity contribution in [3.63, 3.8) is 0 Å². The van der Waals surface area contributed by atoms with Crippen LogP contribution in [0.25, 0.3) is 16.6 Å². The number of aromatic nitrogens is 2. The molecular weight excluding hydrogens is 419 g/mol. The number of halogens is 3. The second-order valence-electron chi connectivity index (χ2n) is 7.30. The molecule has 8 heteroatoms. The van der Waals surface area contributed by atoms with Crippen LogP contribution in [0.1, 0.15) is 18.6 Å². The fourth-order valence-corrected chi connectivity index (χ4v) is 3.48. The predicted octanol–water partition coefficient (Wildman–Crippen LogP) is 5.05. The summed E-state index contributed by atoms with van der Waals surface area (Å²) >= 11 is 0. The van der Waals surface area contributed by atoms with Gasteiger partial charge in [-0.25, -0.2) is 9.07 Å². The molecule has 0 saturated carbocycles. The number of benzene rings is 3. The molecule has 3 aromatic carbocycles. The third-order valence-electron chi connectivity index (χ3n) is 5.02. The molecule has 0 saturated heterocycles. The Bertz CT molecular complexity index is 1210. The molecule has 0 fully saturated rings. The van der Waals surface area contributed by atoms with E-state index in [9.17, 15) is 18.0 Å². The van der Waals surface area contributed by atoms with Gasteiger partial charge in [-0.3, -0.25) is 4.79 Å². The minimum atomic E-state index is -3.11. The SMILES string of the molecule is C[C@H](NC(=O)C(F)F)[C@H](Oc1ccc2c(cnn2-c2ccc(F)cc2)c1)c1ccccc1. The van der Waals surface area contributed by atoms with Crippen molar-refractivity contribution in [1.29, 1.82) is 0 Å². The lowest BCUT2D eigenvalue weighted by Gasteiger charge is -2.26. The summed E-state index contributed by atoms with van der Waals surface area (Å²) in [6.45, 7) is 1.61. The van der Waals surface area contributed by atoms with E-state index in [1.54, 1.807) is 54.2 Å². The number of amides is 1. The first-order chi connectivity index (χ1) is 15.4. The first-order valence-electron chi connectivity index (χ1n) is 9.96. The topological polar surface area (TPSA) is 56.1 Å². The molecule has 0 radical (unpaired) electrons. The average molecular weight is 439 g/mol. The second kappa shape index (κ2) is 9.13. The Morgan fingerprint density at radius 1 is 1.03 bits per heavy atom. The zero-order chi connectivity index (χ0) is 22.7. The Hall–Kier alpha value is -3.81. The minimum absolute atomic E-state index is 0.332. The Labute approximate surface area is 182 Å². The molecule has 0 aliphatic rings. The molecule has 1 amide bonds. The van der Waals surface area contributed by atoms with Crippen molar-refractivity contribution in [1.82, 2.24) is 15.1 Å². The van der Waals surface area contributed by atoms with Crippen LogP contribution in [0, 0.1) is 5.82 Å². The number of ether oxygens (including phenoxy) is 1. The van der Waals surface area contributed by atoms with Gasteiger partial charge in [-0.1, -0.05) is 30.3 Å². The van der Waals surface area contributed by atoms with Crippen molar-refractivity contribution in [3.05, 3.63) is 90.4 Å². The Balaban J connectivity index is 1.62. The molecule has 164 valence electrons. The Kier molecular flexibility index (Phi) is 6.11. The van der Waals surface area contributed by atoms with Gasteiger partial charge in [0, 0.05) is 5.39 Å². The molecule has 2 atom stereocenters. The Morgan fingerprint density at radius 3 is 2.44 bits per heavy atom. The molecule has 0 bridgehead atoms. The van der Waals surface area contributed by atoms with Crippen LogP contribution in [0.5, 0.6) is 5.75 Å². The fourth-order valence-electron chi connectivity index (χ4n) is 3.48. The van der Waals surface area contributed by atoms with E-state index < -0.39 is 24.5 Å². The highest BCUT2D eigenvalue weighted by Crippen LogP contribution is 2.29. The molecule has 0 unspecified atom stereocenters. The zero-order valence-corrected chi connectivity index (χ0v) is 17.1. The van der Waals surface area contributed by atoms with Crippen molar-refractivity contribution in [2.75, 3.05) is 0 Å². The summed E-state index contributed by atoms with van der Waals surface area (Å²) in [7, 11) is 0. The summed E-state index contributed by atoms with van der Waals surface area (Å²) in [5, 5.41) is 7.45. The number of alkyl halides is 2. The van der Waals surface area contributed by atoms with Gasteiger partial charge < -0.3 is 10.1 Å². The summed E-state index contributed by atoms with van der Waals surface area (Å²) < 4.78 is 46.5. The second-order valence-corrected chi connectivity index (χ2v) is 7.30. The highest BCUT2D eigenvalue weighted by molar-refractivity contribution is 5.82. The number of nitrogens with zero attached hydrogens (tertiary/aromatic N) is 2. The van der Waals surface area contributed by atoms with Crippen LogP contribution in [0.3, 0.4) is 0 Å². The first kappa shape index (κ1) is 21.4. The van der Waals surface area contributed by atoms with E-state index in [0.29, 0.717) is 11.4 Å². The molecule has 4 rings (SSSR count). The monoisotopic (exact) mass is 439 g/mol. The lowest BCUT2D eigenvalue weighted by molar-refractivity contribution is -0.133. The molecular formula is C24H20F3N3O2. The molecule has 5 nitrogen and oxygen atoms in total. The highest BCUT2D eigenvalue weighted by Gasteiger charge is 2.26. The van der Waals surface area contributed by atoms with Gasteiger partial charge in [-0.15, -0.1) is 0 Å². The van der Waals surface area contributed by atoms with Crippen molar-refractivity contribution >= 4 is 16.8 Å². The maximum atomic E-state index is 13.2. The van der Waals surface area contributed by atoms with Gasteiger partial charge in [0.15, 0.2) is 0 Å². The predicted molar refractivity (Wildman–Crippen MR) is 114 cm³/mol. The largest absolute Gasteiger partial charge is 0.484 e. The van der Waals surface area contributed by atoms with Crippen molar-refractivity contribution in [2.45, 2.75) is 25.5 Å². The molecule has 0 spiro atoms. The fraction of sp³-hybridized carbons (Fsp3) is 0.167. The maximum absolute atomic E-state index is 13.2. The highest BCUT2D eigenvalue weighted by atomic mass is 19.3. The first-order valence-corrected chi connectivity index (χ1v) is 9.96. The third-order valence-corrected chi connectivity index (χ3v) is 5.02. The zero-order valence-electron chi connectivity index (χ0n) is 17.1. The van der Waals surface area contributed by atoms with Gasteiger partial charge in [0.2, 0.25) is 0 Å². The van der Waals surface area contributed by atoms with E-state index in [4.69, 9.17) is 4.74 Å². The van der Waals surface area contributed by atoms with Gasteiger partial charge in [0.05, 0.1) is 23.4 Å². The number of carbonyl (C=O) groups excluding carboxylic acids is 1. The number of nitrogens with one attached hydrogen (secondary N) is 1. The summed E-state index contributed by atoms with van der Waals surface area (Å²) in [6.07, 6.45) is -2.14. The van der Waals surface area contributed by atoms with Crippen molar-refractivity contribution in [3.8, 4) is 11.4 Å². The minimum Gasteiger partial charge on any atom is -0.484 e. The van der Waals surface area contributed by atoms with E-state index in [2.05, 4.69) is 10.4 Å². The van der Waals surface area contributed by atoms with Gasteiger partial charge in [0.1, 0.15) is 17.7 Å². The van der Waals surface area contributed by atoms with Crippen LogP contribution >= 0.6 is 0 Å². The number of carbonyl (C=O) groups is 1. The summed E-state index contributed by atoms with van der Waals surface area (Å²) in [5.41, 5.74) is 2.23. The van der Waals surface area contributed by atoms with Crippen LogP contribution in [0.2, 0.25) is 0 Å². The van der Waals surface area contributed by atoms with E-state index >= 15 is 0 Å². The number of hydrogen-bond acceptors (Lipinski definition) is 3. The van der Waals surface area contributed by atoms with E-state index in [1.807, 2.05) is 24.3 Å².